The molecular formula is C27H22N6OS4. The lowest BCUT2D eigenvalue weighted by Crippen LogP contribution is -2.34. The number of thiazole rings is 2. The maximum Gasteiger partial charge on any atom is 0.257 e. The van der Waals surface area contributed by atoms with Gasteiger partial charge in [0.1, 0.15) is 0 Å². The van der Waals surface area contributed by atoms with E-state index in [2.05, 4.69) is 25.9 Å². The van der Waals surface area contributed by atoms with Gasteiger partial charge < -0.3 is 16.4 Å². The van der Waals surface area contributed by atoms with Crippen LogP contribution >= 0.6 is 47.1 Å². The summed E-state index contributed by atoms with van der Waals surface area (Å²) in [7, 11) is 0. The minimum Gasteiger partial charge on any atom is -0.376 e. The number of benzene rings is 3. The van der Waals surface area contributed by atoms with Crippen molar-refractivity contribution in [2.45, 2.75) is 0 Å². The standard InChI is InChI=1S/C17H13N3OS2.C10H9N3S2/c21-15(13-9-5-2-6-10-13)19-16(22)20-17-18-14(11-23-17)12-7-3-1-4-8-12;11-9(14)13-10-12-8(6-15-10)7-4-2-1-3-5-7/h1-11H,(H2,18,19,20,21,22);1-6H,(H3,11,12,13,14). The molecule has 5 aromatic rings. The molecule has 5 N–H and O–H groups in total. The summed E-state index contributed by atoms with van der Waals surface area (Å²) in [6.45, 7) is 0. The average molecular weight is 575 g/mol. The number of hydrogen-bond donors (Lipinski definition) is 4. The summed E-state index contributed by atoms with van der Waals surface area (Å²) in [5, 5.41) is 14.1. The van der Waals surface area contributed by atoms with Crippen molar-refractivity contribution in [3.63, 3.8) is 0 Å². The van der Waals surface area contributed by atoms with Crippen LogP contribution in [0.1, 0.15) is 10.4 Å². The molecule has 0 fully saturated rings. The largest absolute Gasteiger partial charge is 0.376 e. The van der Waals surface area contributed by atoms with Crippen molar-refractivity contribution < 1.29 is 4.79 Å². The van der Waals surface area contributed by atoms with Gasteiger partial charge in [0, 0.05) is 27.5 Å². The molecule has 0 saturated heterocycles. The number of aromatic nitrogens is 2. The molecule has 0 saturated carbocycles. The number of nitrogens with zero attached hydrogens (tertiary/aromatic N) is 2. The maximum absolute atomic E-state index is 12.0. The van der Waals surface area contributed by atoms with Crippen LogP contribution in [0, 0.1) is 0 Å². The summed E-state index contributed by atoms with van der Waals surface area (Å²) in [5.74, 6) is -0.247. The van der Waals surface area contributed by atoms with E-state index in [1.54, 1.807) is 24.3 Å². The third kappa shape index (κ3) is 7.98. The van der Waals surface area contributed by atoms with Gasteiger partial charge in [0.2, 0.25) is 0 Å². The number of nitrogens with one attached hydrogen (secondary N) is 3. The lowest BCUT2D eigenvalue weighted by molar-refractivity contribution is 0.0977. The lowest BCUT2D eigenvalue weighted by atomic mass is 10.2. The van der Waals surface area contributed by atoms with Crippen LogP contribution in [0.15, 0.2) is 102 Å². The zero-order valence-electron chi connectivity index (χ0n) is 19.8. The highest BCUT2D eigenvalue weighted by Gasteiger charge is 2.10. The summed E-state index contributed by atoms with van der Waals surface area (Å²) in [4.78, 5) is 20.8. The topological polar surface area (TPSA) is 105 Å². The summed E-state index contributed by atoms with van der Waals surface area (Å²) >= 11 is 12.8. The molecule has 0 atom stereocenters. The normalized spacial score (nSPS) is 10.0. The van der Waals surface area contributed by atoms with Crippen molar-refractivity contribution >= 4 is 73.5 Å². The van der Waals surface area contributed by atoms with E-state index < -0.39 is 0 Å². The highest BCUT2D eigenvalue weighted by molar-refractivity contribution is 7.80. The van der Waals surface area contributed by atoms with Crippen molar-refractivity contribution in [1.29, 1.82) is 0 Å². The van der Waals surface area contributed by atoms with E-state index >= 15 is 0 Å². The zero-order chi connectivity index (χ0) is 26.7. The number of rotatable bonds is 5. The molecule has 0 bridgehead atoms. The molecular weight excluding hydrogens is 553 g/mol. The van der Waals surface area contributed by atoms with E-state index in [9.17, 15) is 4.79 Å². The van der Waals surface area contributed by atoms with Crippen LogP contribution < -0.4 is 21.7 Å². The van der Waals surface area contributed by atoms with Gasteiger partial charge in [-0.05, 0) is 36.6 Å². The molecule has 0 aliphatic carbocycles. The van der Waals surface area contributed by atoms with Crippen molar-refractivity contribution in [3.8, 4) is 22.5 Å². The van der Waals surface area contributed by atoms with Gasteiger partial charge in [-0.1, -0.05) is 78.9 Å². The number of hydrogen-bond acceptors (Lipinski definition) is 7. The van der Waals surface area contributed by atoms with Gasteiger partial charge in [0.25, 0.3) is 5.91 Å². The van der Waals surface area contributed by atoms with Gasteiger partial charge >= 0.3 is 0 Å². The fourth-order valence-electron chi connectivity index (χ4n) is 3.14. The van der Waals surface area contributed by atoms with E-state index in [-0.39, 0.29) is 16.1 Å². The molecule has 0 spiro atoms. The van der Waals surface area contributed by atoms with Crippen LogP contribution in [0.2, 0.25) is 0 Å². The number of anilines is 2. The first-order valence-corrected chi connectivity index (χ1v) is 13.8. The van der Waals surface area contributed by atoms with E-state index in [0.29, 0.717) is 10.7 Å². The first-order valence-electron chi connectivity index (χ1n) is 11.2. The van der Waals surface area contributed by atoms with Gasteiger partial charge in [-0.25, -0.2) is 9.97 Å². The van der Waals surface area contributed by atoms with Gasteiger partial charge in [0.15, 0.2) is 20.5 Å². The van der Waals surface area contributed by atoms with Crippen LogP contribution in [0.25, 0.3) is 22.5 Å². The summed E-state index contributed by atoms with van der Waals surface area (Å²) < 4.78 is 0. The third-order valence-corrected chi connectivity index (χ3v) is 6.68. The second-order valence-electron chi connectivity index (χ2n) is 7.57. The van der Waals surface area contributed by atoms with Crippen molar-refractivity contribution in [3.05, 3.63) is 107 Å². The molecule has 0 radical (unpaired) electrons. The van der Waals surface area contributed by atoms with E-state index in [1.165, 1.54) is 22.7 Å². The molecule has 0 aliphatic rings. The molecule has 38 heavy (non-hydrogen) atoms. The number of carbonyl (C=O) groups is 1. The Kier molecular flexibility index (Phi) is 9.59. The maximum atomic E-state index is 12.0. The molecule has 0 aliphatic heterocycles. The van der Waals surface area contributed by atoms with E-state index in [4.69, 9.17) is 30.2 Å². The zero-order valence-corrected chi connectivity index (χ0v) is 23.1. The van der Waals surface area contributed by atoms with Crippen LogP contribution in [0.4, 0.5) is 10.3 Å². The van der Waals surface area contributed by atoms with Crippen LogP contribution in [-0.2, 0) is 0 Å². The minimum absolute atomic E-state index is 0.229. The number of amides is 1. The van der Waals surface area contributed by atoms with Crippen LogP contribution in [-0.4, -0.2) is 26.1 Å². The smallest absolute Gasteiger partial charge is 0.257 e. The predicted octanol–water partition coefficient (Wildman–Crippen LogP) is 6.40. The van der Waals surface area contributed by atoms with Crippen molar-refractivity contribution in [2.75, 3.05) is 10.6 Å². The summed E-state index contributed by atoms with van der Waals surface area (Å²) in [5.41, 5.74) is 9.84. The SMILES string of the molecule is NC(=S)Nc1nc(-c2ccccc2)cs1.O=C(NC(=S)Nc1nc(-c2ccccc2)cs1)c1ccccc1. The summed E-state index contributed by atoms with van der Waals surface area (Å²) in [6, 6.07) is 28.8. The number of carbonyl (C=O) groups excluding carboxylic acids is 1. The van der Waals surface area contributed by atoms with E-state index in [0.717, 1.165) is 27.6 Å². The monoisotopic (exact) mass is 574 g/mol. The molecule has 2 heterocycles. The fourth-order valence-corrected chi connectivity index (χ4v) is 5.02. The Morgan fingerprint density at radius 1 is 0.684 bits per heavy atom. The molecule has 7 nitrogen and oxygen atoms in total. The molecule has 11 heteroatoms. The fraction of sp³-hybridized carbons (Fsp3) is 0. The molecule has 1 amide bonds. The Bertz CT molecular complexity index is 1500. The highest BCUT2D eigenvalue weighted by Crippen LogP contribution is 2.25. The average Bonchev–Trinajstić information content (AvgIpc) is 3.60. The van der Waals surface area contributed by atoms with Crippen molar-refractivity contribution in [2.24, 2.45) is 5.73 Å². The molecule has 0 unspecified atom stereocenters. The van der Waals surface area contributed by atoms with Gasteiger partial charge in [0.05, 0.1) is 11.4 Å². The first kappa shape index (κ1) is 27.0. The number of thiocarbonyl (C=S) groups is 2. The Morgan fingerprint density at radius 3 is 1.61 bits per heavy atom. The highest BCUT2D eigenvalue weighted by atomic mass is 32.1. The Morgan fingerprint density at radius 2 is 1.13 bits per heavy atom. The number of nitrogens with two attached hydrogens (primary N) is 1. The van der Waals surface area contributed by atoms with Crippen molar-refractivity contribution in [1.82, 2.24) is 15.3 Å². The minimum atomic E-state index is -0.247. The second kappa shape index (κ2) is 13.5. The van der Waals surface area contributed by atoms with E-state index in [1.807, 2.05) is 77.5 Å². The molecule has 2 aromatic heterocycles. The molecule has 5 rings (SSSR count). The quantitative estimate of drug-likeness (QED) is 0.179. The Balaban J connectivity index is 0.000000194. The second-order valence-corrected chi connectivity index (χ2v) is 10.1. The van der Waals surface area contributed by atoms with Crippen LogP contribution in [0.3, 0.4) is 0 Å². The Labute approximate surface area is 238 Å². The Hall–Kier alpha value is -4.03. The predicted molar refractivity (Wildman–Crippen MR) is 166 cm³/mol. The molecule has 190 valence electrons. The lowest BCUT2D eigenvalue weighted by Gasteiger charge is -2.06. The third-order valence-electron chi connectivity index (χ3n) is 4.86. The van der Waals surface area contributed by atoms with Gasteiger partial charge in [-0.2, -0.15) is 0 Å². The first-order chi connectivity index (χ1) is 18.5. The van der Waals surface area contributed by atoms with Gasteiger partial charge in [-0.15, -0.1) is 22.7 Å². The molecule has 3 aromatic carbocycles. The van der Waals surface area contributed by atoms with Gasteiger partial charge in [-0.3, -0.25) is 10.1 Å². The van der Waals surface area contributed by atoms with Crippen LogP contribution in [0.5, 0.6) is 0 Å². The summed E-state index contributed by atoms with van der Waals surface area (Å²) in [6.07, 6.45) is 0.